The number of hydrogen-bond donors (Lipinski definition) is 0. The molecule has 7 heteroatoms. The minimum atomic E-state index is -5.04. The molecule has 0 aromatic carbocycles. The van der Waals surface area contributed by atoms with E-state index in [1.807, 2.05) is 0 Å². The van der Waals surface area contributed by atoms with Crippen LogP contribution in [0.1, 0.15) is 0 Å². The molecule has 0 aliphatic rings. The van der Waals surface area contributed by atoms with Gasteiger partial charge in [-0.3, -0.25) is 0 Å². The summed E-state index contributed by atoms with van der Waals surface area (Å²) in [7, 11) is -13.0. The molecule has 0 amide bonds. The molecule has 0 radical (unpaired) electrons. The average Bonchev–Trinajstić information content (AvgIpc) is 2.12. The zero-order chi connectivity index (χ0) is 13.2. The molecule has 0 bridgehead atoms. The second-order valence-electron chi connectivity index (χ2n) is 0.491. The SMILES string of the molecule is [3H]PP([3H])PP([3H])P([3H])P([3H])P([3H])([3H])([3H])[3H]. The van der Waals surface area contributed by atoms with Gasteiger partial charge in [0.25, 0.3) is 0 Å². The van der Waals surface area contributed by atoms with Gasteiger partial charge in [-0.25, -0.2) is 0 Å². The Morgan fingerprint density at radius 3 is 3.57 bits per heavy atom. The third-order valence-corrected chi connectivity index (χ3v) is 14.5. The summed E-state index contributed by atoms with van der Waals surface area (Å²) in [6.45, 7) is 0. The van der Waals surface area contributed by atoms with Crippen LogP contribution in [-0.4, -0.2) is 11.5 Å². The van der Waals surface area contributed by atoms with Crippen molar-refractivity contribution in [3.8, 4) is 0 Å². The van der Waals surface area contributed by atoms with Crippen molar-refractivity contribution >= 4 is 57.2 Å². The van der Waals surface area contributed by atoms with E-state index in [4.69, 9.17) is 11.5 Å². The Bertz CT molecular complexity index is 212. The fourth-order valence-corrected chi connectivity index (χ4v) is 15.2. The maximum absolute atomic E-state index is 7.63. The first-order valence-corrected chi connectivity index (χ1v) is 11.4. The van der Waals surface area contributed by atoms with Crippen molar-refractivity contribution in [1.82, 2.24) is 0 Å². The molecular weight excluding hydrogens is 217 g/mol. The molecule has 0 nitrogen and oxygen atoms in total. The first-order valence-electron chi connectivity index (χ1n) is 5.35. The van der Waals surface area contributed by atoms with Crippen LogP contribution in [0.4, 0.5) is 0 Å². The Morgan fingerprint density at radius 2 is 2.86 bits per heavy atom. The van der Waals surface area contributed by atoms with Crippen LogP contribution in [0.2, 0.25) is 0 Å². The van der Waals surface area contributed by atoms with E-state index in [1.165, 1.54) is 0 Å². The van der Waals surface area contributed by atoms with Crippen molar-refractivity contribution in [2.45, 2.75) is 0 Å². The third-order valence-electron chi connectivity index (χ3n) is 0.179. The first kappa shape index (κ1) is 2.51. The Kier molecular flexibility index (Phi) is 3.22. The quantitative estimate of drug-likeness (QED) is 0.631. The zero-order valence-corrected chi connectivity index (χ0v) is 9.71. The summed E-state index contributed by atoms with van der Waals surface area (Å²) in [5.74, 6) is 0. The van der Waals surface area contributed by atoms with Crippen molar-refractivity contribution in [3.63, 3.8) is 0 Å². The van der Waals surface area contributed by atoms with E-state index in [1.54, 1.807) is 0 Å². The predicted octanol–water partition coefficient (Wildman–Crippen LogP) is 3.08. The summed E-state index contributed by atoms with van der Waals surface area (Å²) >= 11 is 0. The molecule has 0 heterocycles. The van der Waals surface area contributed by atoms with Gasteiger partial charge in [0.1, 0.15) is 0 Å². The van der Waals surface area contributed by atoms with Crippen molar-refractivity contribution in [2.75, 3.05) is 0 Å². The van der Waals surface area contributed by atoms with Gasteiger partial charge in [-0.1, -0.05) is 0 Å². The number of rotatable bonds is 6. The molecule has 0 aliphatic heterocycles. The van der Waals surface area contributed by atoms with Crippen molar-refractivity contribution in [2.24, 2.45) is 0 Å². The second-order valence-corrected chi connectivity index (χ2v) is 13.2. The molecule has 46 valence electrons. The second kappa shape index (κ2) is 9.01. The van der Waals surface area contributed by atoms with E-state index < -0.39 is 40.3 Å². The molecule has 0 saturated carbocycles. The van der Waals surface area contributed by atoms with Gasteiger partial charge in [-0.2, -0.15) is 0 Å². The molecule has 0 fully saturated rings. The Balaban J connectivity index is 4.51. The fraction of sp³-hybridized carbons (Fsp3) is 0. The first-order chi connectivity index (χ1) is 6.95. The predicted molar refractivity (Wildman–Crippen MR) is 63.8 cm³/mol. The van der Waals surface area contributed by atoms with Gasteiger partial charge in [0.15, 0.2) is 0 Å². The van der Waals surface area contributed by atoms with Crippen LogP contribution in [0.3, 0.4) is 0 Å². The normalized spacial score (nSPS) is 57.1. The van der Waals surface area contributed by atoms with Gasteiger partial charge < -0.3 is 0 Å². The molecule has 0 aliphatic carbocycles. The summed E-state index contributed by atoms with van der Waals surface area (Å²) in [6.07, 6.45) is 0. The molecule has 6 unspecified atom stereocenters. The van der Waals surface area contributed by atoms with Crippen LogP contribution in [0.15, 0.2) is 0 Å². The van der Waals surface area contributed by atoms with Crippen LogP contribution in [0.25, 0.3) is 0 Å². The minimum absolute atomic E-state index is 0.169. The van der Waals surface area contributed by atoms with Crippen LogP contribution in [-0.2, 0) is 0 Å². The molecule has 0 spiro atoms. The van der Waals surface area contributed by atoms with E-state index in [0.29, 0.717) is 0 Å². The van der Waals surface area contributed by atoms with E-state index in [0.717, 1.165) is 0 Å². The van der Waals surface area contributed by atoms with Crippen LogP contribution >= 0.6 is 57.2 Å². The topological polar surface area (TPSA) is 0 Å². The standard InChI is InChI=1S/H11P7/c1-3-5-7-6-4-2/h3-7H,1H2,2H4/i1T,2T4,3T,4T,6T,7T. The van der Waals surface area contributed by atoms with E-state index in [-0.39, 0.29) is 16.8 Å². The molecular formula is H11P7. The van der Waals surface area contributed by atoms with Crippen molar-refractivity contribution < 1.29 is 0 Å². The molecule has 0 aromatic rings. The third kappa shape index (κ3) is 9.01. The molecule has 0 saturated heterocycles. The maximum atomic E-state index is 7.63. The monoisotopic (exact) mass is 246 g/mol. The van der Waals surface area contributed by atoms with Crippen molar-refractivity contribution in [3.05, 3.63) is 0 Å². The van der Waals surface area contributed by atoms with Gasteiger partial charge >= 0.3 is 68.7 Å². The fourth-order valence-electron chi connectivity index (χ4n) is 0.0624. The van der Waals surface area contributed by atoms with E-state index >= 15 is 0 Å². The van der Waals surface area contributed by atoms with Gasteiger partial charge in [0.05, 0.1) is 0 Å². The van der Waals surface area contributed by atoms with Gasteiger partial charge in [-0.15, -0.1) is 0 Å². The molecule has 7 heavy (non-hydrogen) atoms. The summed E-state index contributed by atoms with van der Waals surface area (Å²) < 4.78 is 65.7. The number of hydrogen-bond acceptors (Lipinski definition) is 0. The zero-order valence-electron chi connectivity index (χ0n) is 12.2. The van der Waals surface area contributed by atoms with Crippen LogP contribution in [0, 0.1) is 0 Å². The van der Waals surface area contributed by atoms with Crippen molar-refractivity contribution in [1.29, 1.82) is 11.5 Å². The van der Waals surface area contributed by atoms with Gasteiger partial charge in [-0.05, 0) is 0 Å². The Morgan fingerprint density at radius 1 is 1.86 bits per heavy atom. The Hall–Kier alpha value is 3.01. The summed E-state index contributed by atoms with van der Waals surface area (Å²) in [5.41, 5.74) is 0. The molecule has 0 N–H and O–H groups in total. The van der Waals surface area contributed by atoms with Crippen LogP contribution < -0.4 is 0 Å². The van der Waals surface area contributed by atoms with E-state index in [9.17, 15) is 0 Å². The van der Waals surface area contributed by atoms with Gasteiger partial charge in [0.2, 0.25) is 0 Å². The van der Waals surface area contributed by atoms with Crippen LogP contribution in [0.5, 0.6) is 0 Å². The molecule has 0 aromatic heterocycles. The van der Waals surface area contributed by atoms with Gasteiger partial charge in [0, 0.05) is 0 Å². The summed E-state index contributed by atoms with van der Waals surface area (Å²) in [6, 6.07) is 0. The van der Waals surface area contributed by atoms with E-state index in [2.05, 4.69) is 0 Å². The average molecular weight is 246 g/mol. The molecule has 6 atom stereocenters. The molecule has 0 rings (SSSR count). The summed E-state index contributed by atoms with van der Waals surface area (Å²) in [5, 5.41) is 0. The Labute approximate surface area is 69.5 Å². The summed E-state index contributed by atoms with van der Waals surface area (Å²) in [4.78, 5) is 0.